The Morgan fingerprint density at radius 1 is 1.36 bits per heavy atom. The fraction of sp³-hybridized carbons (Fsp3) is 0.733. The molecule has 10 heteroatoms. The van der Waals surface area contributed by atoms with Crippen LogP contribution in [0.1, 0.15) is 32.6 Å². The fourth-order valence-corrected chi connectivity index (χ4v) is 3.81. The summed E-state index contributed by atoms with van der Waals surface area (Å²) in [7, 11) is 0.553. The molecule has 2 fully saturated rings. The van der Waals surface area contributed by atoms with Crippen LogP contribution in [0.2, 0.25) is 0 Å². The number of hydrogen-bond acceptors (Lipinski definition) is 9. The van der Waals surface area contributed by atoms with Gasteiger partial charge >= 0.3 is 19.1 Å². The number of ether oxygens (including phenoxy) is 1. The lowest BCUT2D eigenvalue weighted by molar-refractivity contribution is -0.145. The van der Waals surface area contributed by atoms with Crippen LogP contribution in [0, 0.1) is 5.92 Å². The lowest BCUT2D eigenvalue weighted by Crippen LogP contribution is -2.47. The van der Waals surface area contributed by atoms with E-state index in [9.17, 15) is 14.4 Å². The maximum absolute atomic E-state index is 12.0. The molecule has 2 aliphatic rings. The lowest BCUT2D eigenvalue weighted by Gasteiger charge is -2.26. The van der Waals surface area contributed by atoms with Gasteiger partial charge in [0.05, 0.1) is 24.8 Å². The van der Waals surface area contributed by atoms with Crippen LogP contribution in [-0.4, -0.2) is 66.0 Å². The van der Waals surface area contributed by atoms with Crippen molar-refractivity contribution in [3.63, 3.8) is 0 Å². The molecule has 1 saturated carbocycles. The van der Waals surface area contributed by atoms with Gasteiger partial charge in [0.15, 0.2) is 0 Å². The van der Waals surface area contributed by atoms with Gasteiger partial charge in [-0.3, -0.25) is 19.3 Å². The Hall–Kier alpha value is -1.13. The Labute approximate surface area is 157 Å². The van der Waals surface area contributed by atoms with Crippen LogP contribution in [0.4, 0.5) is 0 Å². The molecule has 138 valence electrons. The van der Waals surface area contributed by atoms with Crippen molar-refractivity contribution < 1.29 is 28.4 Å². The third-order valence-electron chi connectivity index (χ3n) is 3.81. The Kier molecular flexibility index (Phi) is 7.70. The zero-order chi connectivity index (χ0) is 18.4. The fourth-order valence-electron chi connectivity index (χ4n) is 2.43. The smallest absolute Gasteiger partial charge is 0.497 e. The molecule has 25 heavy (non-hydrogen) atoms. The third-order valence-corrected chi connectivity index (χ3v) is 5.29. The molecule has 0 aromatic rings. The first-order chi connectivity index (χ1) is 11.9. The quantitative estimate of drug-likeness (QED) is 0.473. The van der Waals surface area contributed by atoms with Crippen LogP contribution in [-0.2, 0) is 28.4 Å². The second-order valence-corrected chi connectivity index (χ2v) is 7.98. The highest BCUT2D eigenvalue weighted by Crippen LogP contribution is 2.33. The topological polar surface area (TPSA) is 82.1 Å². The monoisotopic (exact) mass is 387 g/mol. The van der Waals surface area contributed by atoms with E-state index in [-0.39, 0.29) is 29.2 Å². The van der Waals surface area contributed by atoms with Crippen molar-refractivity contribution in [2.24, 2.45) is 5.92 Å². The van der Waals surface area contributed by atoms with Gasteiger partial charge in [0.25, 0.3) is 0 Å². The van der Waals surface area contributed by atoms with E-state index in [1.165, 1.54) is 4.90 Å². The molecule has 1 saturated heterocycles. The summed E-state index contributed by atoms with van der Waals surface area (Å²) in [5.41, 5.74) is 0. The summed E-state index contributed by atoms with van der Waals surface area (Å²) in [4.78, 5) is 37.4. The maximum atomic E-state index is 12.0. The zero-order valence-corrected chi connectivity index (χ0v) is 16.0. The van der Waals surface area contributed by atoms with Crippen molar-refractivity contribution in [2.75, 3.05) is 26.7 Å². The molecule has 0 spiro atoms. The minimum Gasteiger partial charge on any atom is -0.497 e. The molecule has 0 radical (unpaired) electrons. The van der Waals surface area contributed by atoms with E-state index in [0.717, 1.165) is 24.6 Å². The van der Waals surface area contributed by atoms with E-state index < -0.39 is 24.2 Å². The Bertz CT molecular complexity index is 522. The van der Waals surface area contributed by atoms with Gasteiger partial charge in [-0.25, -0.2) is 0 Å². The molecule has 7 nitrogen and oxygen atoms in total. The van der Waals surface area contributed by atoms with Crippen LogP contribution in [0.25, 0.3) is 0 Å². The van der Waals surface area contributed by atoms with Gasteiger partial charge in [-0.1, -0.05) is 11.8 Å². The summed E-state index contributed by atoms with van der Waals surface area (Å²) in [5, 5.41) is -0.474. The number of rotatable bonds is 7. The van der Waals surface area contributed by atoms with Crippen LogP contribution in [0.3, 0.4) is 0 Å². The second kappa shape index (κ2) is 9.54. The lowest BCUT2D eigenvalue weighted by atomic mass is 9.80. The van der Waals surface area contributed by atoms with Gasteiger partial charge < -0.3 is 14.0 Å². The van der Waals surface area contributed by atoms with E-state index in [0.29, 0.717) is 19.4 Å². The van der Waals surface area contributed by atoms with Crippen molar-refractivity contribution in [3.8, 4) is 0 Å². The molecule has 1 heterocycles. The largest absolute Gasteiger partial charge is 0.613 e. The Morgan fingerprint density at radius 2 is 1.96 bits per heavy atom. The highest BCUT2D eigenvalue weighted by atomic mass is 32.2. The first kappa shape index (κ1) is 20.2. The zero-order valence-electron chi connectivity index (χ0n) is 14.4. The average molecular weight is 387 g/mol. The van der Waals surface area contributed by atoms with Gasteiger partial charge in [-0.05, 0) is 45.5 Å². The molecular formula is C15H22BNO6S2. The molecule has 0 bridgehead atoms. The number of carbonyl (C=O) groups excluding carboxylic acids is 3. The third kappa shape index (κ3) is 6.95. The van der Waals surface area contributed by atoms with Crippen molar-refractivity contribution in [2.45, 2.75) is 37.8 Å². The number of hydrogen-bond donors (Lipinski definition) is 0. The Balaban J connectivity index is 2.03. The molecule has 0 aromatic carbocycles. The highest BCUT2D eigenvalue weighted by molar-refractivity contribution is 8.23. The summed E-state index contributed by atoms with van der Waals surface area (Å²) < 4.78 is 16.2. The molecule has 1 aliphatic heterocycles. The summed E-state index contributed by atoms with van der Waals surface area (Å²) >= 11 is 6.31. The number of Topliss-reactive ketones (excluding diaryl/α,β-unsaturated/α-hetero) is 1. The second-order valence-electron chi connectivity index (χ2n) is 6.14. The number of carbonyl (C=O) groups is 3. The van der Waals surface area contributed by atoms with Crippen LogP contribution < -0.4 is 0 Å². The van der Waals surface area contributed by atoms with Gasteiger partial charge in [-0.15, -0.1) is 0 Å². The average Bonchev–Trinajstić information content (AvgIpc) is 3.33. The van der Waals surface area contributed by atoms with Crippen LogP contribution in [0.15, 0.2) is 0 Å². The summed E-state index contributed by atoms with van der Waals surface area (Å²) in [6.07, 6.45) is 2.61. The number of ketones is 1. The van der Waals surface area contributed by atoms with Crippen LogP contribution >= 0.6 is 24.0 Å². The molecule has 0 aromatic heterocycles. The van der Waals surface area contributed by atoms with E-state index in [2.05, 4.69) is 0 Å². The number of thiocarbonyl (C=S) groups is 1. The number of thioether (sulfide) groups is 1. The van der Waals surface area contributed by atoms with E-state index in [1.54, 1.807) is 7.05 Å². The molecule has 0 amide bonds. The maximum Gasteiger partial charge on any atom is 0.613 e. The molecular weight excluding hydrogens is 365 g/mol. The standard InChI is InChI=1S/C15H22BNO6S2/c1-3-21-15(24)25-12(7-6-11(18)10-4-5-10)16-22-13(19)8-17(2)9-14(20)23-16/h10,12H,3-9H2,1-2H3. The van der Waals surface area contributed by atoms with Gasteiger partial charge in [0, 0.05) is 12.3 Å². The first-order valence-corrected chi connectivity index (χ1v) is 9.61. The molecule has 0 N–H and O–H groups in total. The van der Waals surface area contributed by atoms with Crippen molar-refractivity contribution >= 4 is 53.2 Å². The minimum absolute atomic E-state index is 0.000101. The van der Waals surface area contributed by atoms with E-state index in [4.69, 9.17) is 26.3 Å². The highest BCUT2D eigenvalue weighted by Gasteiger charge is 2.42. The van der Waals surface area contributed by atoms with Crippen molar-refractivity contribution in [3.05, 3.63) is 0 Å². The summed E-state index contributed by atoms with van der Waals surface area (Å²) in [5.74, 6) is -0.625. The van der Waals surface area contributed by atoms with Gasteiger partial charge in [0.2, 0.25) is 4.38 Å². The SMILES string of the molecule is CCOC(=S)SC(CCC(=O)C1CC1)B1OC(=O)CN(C)CC(=O)O1. The molecule has 2 rings (SSSR count). The molecule has 1 atom stereocenters. The molecule has 1 unspecified atom stereocenters. The Morgan fingerprint density at radius 3 is 2.48 bits per heavy atom. The number of likely N-dealkylation sites (N-methyl/N-ethyl adjacent to an activating group) is 1. The van der Waals surface area contributed by atoms with Crippen LogP contribution in [0.5, 0.6) is 0 Å². The minimum atomic E-state index is -1.08. The van der Waals surface area contributed by atoms with Crippen molar-refractivity contribution in [1.29, 1.82) is 0 Å². The summed E-state index contributed by atoms with van der Waals surface area (Å²) in [6.45, 7) is 2.22. The van der Waals surface area contributed by atoms with E-state index in [1.807, 2.05) is 6.92 Å². The van der Waals surface area contributed by atoms with Gasteiger partial charge in [0.1, 0.15) is 5.78 Å². The molecule has 1 aliphatic carbocycles. The number of nitrogens with zero attached hydrogens (tertiary/aromatic N) is 1. The predicted octanol–water partition coefficient (Wildman–Crippen LogP) is 1.23. The normalized spacial score (nSPS) is 20.2. The summed E-state index contributed by atoms with van der Waals surface area (Å²) in [6, 6.07) is 0. The first-order valence-electron chi connectivity index (χ1n) is 8.32. The van der Waals surface area contributed by atoms with Gasteiger partial charge in [-0.2, -0.15) is 0 Å². The van der Waals surface area contributed by atoms with E-state index >= 15 is 0 Å². The predicted molar refractivity (Wildman–Crippen MR) is 98.0 cm³/mol. The van der Waals surface area contributed by atoms with Crippen molar-refractivity contribution in [1.82, 2.24) is 4.90 Å².